The molecular formula is C14H24N2O3S. The van der Waals surface area contributed by atoms with Crippen molar-refractivity contribution in [3.05, 3.63) is 0 Å². The molecule has 114 valence electrons. The minimum absolute atomic E-state index is 0.183. The van der Waals surface area contributed by atoms with Gasteiger partial charge in [-0.25, -0.2) is 9.59 Å². The Bertz CT molecular complexity index is 371. The van der Waals surface area contributed by atoms with E-state index in [0.717, 1.165) is 37.2 Å². The number of hydrogen-bond acceptors (Lipinski definition) is 3. The van der Waals surface area contributed by atoms with Crippen molar-refractivity contribution >= 4 is 23.8 Å². The van der Waals surface area contributed by atoms with Crippen LogP contribution in [0.2, 0.25) is 0 Å². The summed E-state index contributed by atoms with van der Waals surface area (Å²) in [6.07, 6.45) is 4.88. The highest BCUT2D eigenvalue weighted by atomic mass is 32.2. The van der Waals surface area contributed by atoms with Crippen LogP contribution in [0.1, 0.15) is 45.4 Å². The number of nitrogens with one attached hydrogen (secondary N) is 2. The van der Waals surface area contributed by atoms with Gasteiger partial charge in [-0.05, 0) is 43.1 Å². The number of amides is 2. The molecule has 3 N–H and O–H groups in total. The van der Waals surface area contributed by atoms with Crippen LogP contribution in [0.25, 0.3) is 0 Å². The highest BCUT2D eigenvalue weighted by Crippen LogP contribution is 2.32. The van der Waals surface area contributed by atoms with Gasteiger partial charge in [0, 0.05) is 6.04 Å². The average molecular weight is 300 g/mol. The van der Waals surface area contributed by atoms with Crippen LogP contribution in [-0.2, 0) is 4.79 Å². The Balaban J connectivity index is 1.93. The molecule has 0 bridgehead atoms. The molecule has 2 rings (SSSR count). The minimum Gasteiger partial charge on any atom is -0.480 e. The lowest BCUT2D eigenvalue weighted by molar-refractivity contribution is -0.146. The van der Waals surface area contributed by atoms with E-state index in [1.807, 2.05) is 11.8 Å². The van der Waals surface area contributed by atoms with Crippen LogP contribution in [0.4, 0.5) is 4.79 Å². The molecule has 0 aromatic heterocycles. The SMILES string of the molecule is CC1CCCC(NC(=O)NC2CCSCC2)(C(=O)O)C1. The standard InChI is InChI=1S/C14H24N2O3S/c1-10-3-2-6-14(9-10,12(17)18)16-13(19)15-11-4-7-20-8-5-11/h10-11H,2-9H2,1H3,(H,17,18)(H2,15,16,19). The Hall–Kier alpha value is -0.910. The third kappa shape index (κ3) is 3.81. The smallest absolute Gasteiger partial charge is 0.329 e. The molecule has 1 saturated heterocycles. The van der Waals surface area contributed by atoms with E-state index in [0.29, 0.717) is 18.8 Å². The molecule has 2 aliphatic rings. The van der Waals surface area contributed by atoms with Gasteiger partial charge in [0.15, 0.2) is 0 Å². The monoisotopic (exact) mass is 300 g/mol. The highest BCUT2D eigenvalue weighted by Gasteiger charge is 2.43. The first-order chi connectivity index (χ1) is 9.52. The Morgan fingerprint density at radius 1 is 1.25 bits per heavy atom. The number of thioether (sulfide) groups is 1. The first-order valence-corrected chi connectivity index (χ1v) is 8.57. The van der Waals surface area contributed by atoms with Crippen molar-refractivity contribution in [3.8, 4) is 0 Å². The lowest BCUT2D eigenvalue weighted by Gasteiger charge is -2.37. The van der Waals surface area contributed by atoms with Crippen molar-refractivity contribution in [1.29, 1.82) is 0 Å². The zero-order valence-electron chi connectivity index (χ0n) is 12.0. The van der Waals surface area contributed by atoms with Gasteiger partial charge in [-0.1, -0.05) is 19.8 Å². The van der Waals surface area contributed by atoms with Crippen LogP contribution in [0.3, 0.4) is 0 Å². The van der Waals surface area contributed by atoms with E-state index in [1.54, 1.807) is 0 Å². The predicted octanol–water partition coefficient (Wildman–Crippen LogP) is 2.21. The molecule has 1 aliphatic heterocycles. The summed E-state index contributed by atoms with van der Waals surface area (Å²) in [5, 5.41) is 15.2. The topological polar surface area (TPSA) is 78.4 Å². The Labute approximate surface area is 124 Å². The normalized spacial score (nSPS) is 31.6. The van der Waals surface area contributed by atoms with Gasteiger partial charge in [-0.3, -0.25) is 0 Å². The summed E-state index contributed by atoms with van der Waals surface area (Å²) >= 11 is 1.90. The van der Waals surface area contributed by atoms with Crippen LogP contribution in [0, 0.1) is 5.92 Å². The van der Waals surface area contributed by atoms with Crippen molar-refractivity contribution in [1.82, 2.24) is 10.6 Å². The van der Waals surface area contributed by atoms with E-state index in [2.05, 4.69) is 17.6 Å². The maximum absolute atomic E-state index is 12.1. The van der Waals surface area contributed by atoms with E-state index >= 15 is 0 Å². The summed E-state index contributed by atoms with van der Waals surface area (Å²) in [6, 6.07) is -0.137. The van der Waals surface area contributed by atoms with Gasteiger partial charge in [0.1, 0.15) is 5.54 Å². The maximum atomic E-state index is 12.1. The fraction of sp³-hybridized carbons (Fsp3) is 0.857. The molecule has 0 aromatic rings. The van der Waals surface area contributed by atoms with Crippen molar-refractivity contribution in [3.63, 3.8) is 0 Å². The molecule has 1 aliphatic carbocycles. The molecule has 2 unspecified atom stereocenters. The first-order valence-electron chi connectivity index (χ1n) is 7.42. The van der Waals surface area contributed by atoms with Gasteiger partial charge in [0.05, 0.1) is 0 Å². The second kappa shape index (κ2) is 6.70. The summed E-state index contributed by atoms with van der Waals surface area (Å²) in [4.78, 5) is 23.7. The quantitative estimate of drug-likeness (QED) is 0.747. The Morgan fingerprint density at radius 2 is 1.95 bits per heavy atom. The first kappa shape index (κ1) is 15.5. The van der Waals surface area contributed by atoms with Crippen molar-refractivity contribution in [2.24, 2.45) is 5.92 Å². The maximum Gasteiger partial charge on any atom is 0.329 e. The molecule has 0 spiro atoms. The van der Waals surface area contributed by atoms with Gasteiger partial charge < -0.3 is 15.7 Å². The number of carbonyl (C=O) groups excluding carboxylic acids is 1. The Kier molecular flexibility index (Phi) is 5.18. The van der Waals surface area contributed by atoms with Crippen LogP contribution < -0.4 is 10.6 Å². The number of rotatable bonds is 3. The molecule has 6 heteroatoms. The van der Waals surface area contributed by atoms with Crippen molar-refractivity contribution in [2.75, 3.05) is 11.5 Å². The zero-order valence-corrected chi connectivity index (χ0v) is 12.8. The zero-order chi connectivity index (χ0) is 14.6. The van der Waals surface area contributed by atoms with Gasteiger partial charge in [-0.15, -0.1) is 0 Å². The summed E-state index contributed by atoms with van der Waals surface area (Å²) in [7, 11) is 0. The minimum atomic E-state index is -1.08. The van der Waals surface area contributed by atoms with Crippen molar-refractivity contribution < 1.29 is 14.7 Å². The van der Waals surface area contributed by atoms with Gasteiger partial charge >= 0.3 is 12.0 Å². The number of carboxylic acids is 1. The van der Waals surface area contributed by atoms with Crippen molar-refractivity contribution in [2.45, 2.75) is 57.0 Å². The summed E-state index contributed by atoms with van der Waals surface area (Å²) in [5.41, 5.74) is -1.08. The number of urea groups is 1. The van der Waals surface area contributed by atoms with Crippen LogP contribution >= 0.6 is 11.8 Å². The summed E-state index contributed by atoms with van der Waals surface area (Å²) in [5.74, 6) is 1.56. The lowest BCUT2D eigenvalue weighted by Crippen LogP contribution is -2.60. The third-order valence-corrected chi connectivity index (χ3v) is 5.36. The Morgan fingerprint density at radius 3 is 2.55 bits per heavy atom. The predicted molar refractivity (Wildman–Crippen MR) is 80.0 cm³/mol. The average Bonchev–Trinajstić information content (AvgIpc) is 2.39. The molecule has 1 heterocycles. The van der Waals surface area contributed by atoms with E-state index in [4.69, 9.17) is 0 Å². The highest BCUT2D eigenvalue weighted by molar-refractivity contribution is 7.99. The van der Waals surface area contributed by atoms with Crippen LogP contribution in [0.15, 0.2) is 0 Å². The third-order valence-electron chi connectivity index (χ3n) is 4.32. The van der Waals surface area contributed by atoms with E-state index in [-0.39, 0.29) is 12.1 Å². The summed E-state index contributed by atoms with van der Waals surface area (Å²) in [6.45, 7) is 2.05. The molecule has 2 fully saturated rings. The number of hydrogen-bond donors (Lipinski definition) is 3. The molecular weight excluding hydrogens is 276 g/mol. The molecule has 5 nitrogen and oxygen atoms in total. The molecule has 0 aromatic carbocycles. The number of carboxylic acid groups (broad SMARTS) is 1. The largest absolute Gasteiger partial charge is 0.480 e. The lowest BCUT2D eigenvalue weighted by atomic mass is 9.76. The van der Waals surface area contributed by atoms with Gasteiger partial charge in [0.25, 0.3) is 0 Å². The molecule has 1 saturated carbocycles. The fourth-order valence-corrected chi connectivity index (χ4v) is 4.30. The second-order valence-electron chi connectivity index (χ2n) is 6.07. The molecule has 20 heavy (non-hydrogen) atoms. The molecule has 2 amide bonds. The van der Waals surface area contributed by atoms with Gasteiger partial charge in [-0.2, -0.15) is 11.8 Å². The van der Waals surface area contributed by atoms with E-state index in [9.17, 15) is 14.7 Å². The molecule has 0 radical (unpaired) electrons. The number of carbonyl (C=O) groups is 2. The molecule has 2 atom stereocenters. The van der Waals surface area contributed by atoms with Crippen LogP contribution in [-0.4, -0.2) is 40.2 Å². The van der Waals surface area contributed by atoms with E-state index < -0.39 is 11.5 Å². The fourth-order valence-electron chi connectivity index (χ4n) is 3.19. The summed E-state index contributed by atoms with van der Waals surface area (Å²) < 4.78 is 0. The van der Waals surface area contributed by atoms with E-state index in [1.165, 1.54) is 0 Å². The number of aliphatic carboxylic acids is 1. The van der Waals surface area contributed by atoms with Gasteiger partial charge in [0.2, 0.25) is 0 Å². The van der Waals surface area contributed by atoms with Crippen LogP contribution in [0.5, 0.6) is 0 Å². The second-order valence-corrected chi connectivity index (χ2v) is 7.30.